The van der Waals surface area contributed by atoms with Gasteiger partial charge in [0, 0.05) is 10.8 Å². The zero-order valence-electron chi connectivity index (χ0n) is 34.0. The van der Waals surface area contributed by atoms with Gasteiger partial charge in [0.25, 0.3) is 0 Å². The smallest absolute Gasteiger partial charge is 1.00 e. The van der Waals surface area contributed by atoms with E-state index in [9.17, 15) is 0 Å². The summed E-state index contributed by atoms with van der Waals surface area (Å²) in [7, 11) is -1.07. The average molecular weight is 902 g/mol. The van der Waals surface area contributed by atoms with Gasteiger partial charge < -0.3 is 24.8 Å². The molecule has 55 heavy (non-hydrogen) atoms. The van der Waals surface area contributed by atoms with Crippen molar-refractivity contribution in [3.63, 3.8) is 0 Å². The van der Waals surface area contributed by atoms with E-state index in [-0.39, 0.29) is 35.6 Å². The summed E-state index contributed by atoms with van der Waals surface area (Å²) in [5, 5.41) is 8.74. The van der Waals surface area contributed by atoms with Gasteiger partial charge in [-0.1, -0.05) is 103 Å². The monoisotopic (exact) mass is 898 g/mol. The molecule has 3 aliphatic rings. The van der Waals surface area contributed by atoms with Crippen LogP contribution in [0.2, 0.25) is 29.7 Å². The second-order valence-corrected chi connectivity index (χ2v) is 25.3. The van der Waals surface area contributed by atoms with Gasteiger partial charge in [-0.25, -0.2) is 10.8 Å². The van der Waals surface area contributed by atoms with Crippen LogP contribution in [0.1, 0.15) is 88.8 Å². The first kappa shape index (κ1) is 45.4. The Kier molecular flexibility index (Phi) is 14.6. The summed E-state index contributed by atoms with van der Waals surface area (Å²) in [6.07, 6.45) is 10.6. The number of rotatable bonds is 3. The molecule has 0 radical (unpaired) electrons. The second-order valence-electron chi connectivity index (χ2n) is 17.2. The molecule has 5 aromatic carbocycles. The summed E-state index contributed by atoms with van der Waals surface area (Å²) in [6.45, 7) is 25.3. The standard InChI is InChI=1S/C25H25.C10H17Si.2C7H5Cl.2ClH.Zr/c1-14-12-24(3,4)22-8-16-7-17-9-23-19(15(2)13-25(23,5)6)11-21(17)20(16)10-18(14)22;1-8-6-9(2)10(7-8)11(3,4)5;2*1-6-2-4-7(8)5-3-6;;;/h7-13H,1-6H3;7-8H,1-5H3;2*1-5H;2*1H;/q2*-1;;;;;/p-2. The van der Waals surface area contributed by atoms with E-state index in [1.807, 2.05) is 24.3 Å². The maximum Gasteiger partial charge on any atom is -1.00 e. The first-order chi connectivity index (χ1) is 24.8. The number of fused-ring (bicyclic) bond motifs is 5. The molecule has 0 spiro atoms. The minimum absolute atomic E-state index is 0. The minimum Gasteiger partial charge on any atom is -1.00 e. The van der Waals surface area contributed by atoms with E-state index in [0.717, 1.165) is 10.0 Å². The maximum atomic E-state index is 5.84. The van der Waals surface area contributed by atoms with Gasteiger partial charge in [-0.15, -0.1) is 39.7 Å². The Bertz CT molecular complexity index is 2260. The number of hydrogen-bond donors (Lipinski definition) is 0. The van der Waals surface area contributed by atoms with Crippen molar-refractivity contribution in [2.45, 2.75) is 85.9 Å². The van der Waals surface area contributed by atoms with Crippen LogP contribution in [-0.2, 0) is 33.1 Å². The molecular weight excluding hydrogens is 850 g/mol. The van der Waals surface area contributed by atoms with Crippen LogP contribution >= 0.6 is 23.2 Å². The first-order valence-electron chi connectivity index (χ1n) is 18.7. The summed E-state index contributed by atoms with van der Waals surface area (Å²) < 4.78 is 4.66. The van der Waals surface area contributed by atoms with Crippen LogP contribution in [-0.4, -0.2) is 15.5 Å². The van der Waals surface area contributed by atoms with E-state index in [1.165, 1.54) is 71.6 Å². The SMILES string of the molecule is CC1=CC(C)(C)c2cc3[cH-]c4cc5c(cc4c3cc21)C(C)=CC5(C)C.CC1=[C-]C(C)C=C1[Si](C)(C)C.Clc1ccc([CH]=[Zr]=[CH]c2ccc(Cl)cc2)cc1.[Cl-].[Cl-]. The van der Waals surface area contributed by atoms with Crippen molar-refractivity contribution in [2.24, 2.45) is 5.92 Å². The number of allylic oxidation sites excluding steroid dienone is 8. The van der Waals surface area contributed by atoms with E-state index in [4.69, 9.17) is 23.2 Å². The molecule has 0 saturated heterocycles. The normalized spacial score (nSPS) is 17.0. The van der Waals surface area contributed by atoms with Crippen molar-refractivity contribution in [2.75, 3.05) is 0 Å². The Morgan fingerprint density at radius 3 is 1.40 bits per heavy atom. The molecular formula is C49H52Cl4SiZr-4. The van der Waals surface area contributed by atoms with Gasteiger partial charge >= 0.3 is 123 Å². The third kappa shape index (κ3) is 10.2. The zero-order valence-corrected chi connectivity index (χ0v) is 40.5. The van der Waals surface area contributed by atoms with E-state index < -0.39 is 30.3 Å². The molecule has 0 fully saturated rings. The minimum atomic E-state index is -1.07. The molecule has 0 amide bonds. The molecule has 0 nitrogen and oxygen atoms in total. The molecule has 8 rings (SSSR count). The molecule has 3 aliphatic carbocycles. The molecule has 5 aromatic rings. The predicted octanol–water partition coefficient (Wildman–Crippen LogP) is 8.37. The largest absolute Gasteiger partial charge is 1.00 e. The van der Waals surface area contributed by atoms with Gasteiger partial charge in [0.2, 0.25) is 0 Å². The fourth-order valence-electron chi connectivity index (χ4n) is 8.22. The Balaban J connectivity index is 0.000000196. The Labute approximate surface area is 364 Å². The number of benzene rings is 4. The fraction of sp³-hybridized carbons (Fsp3) is 0.286. The van der Waals surface area contributed by atoms with Crippen LogP contribution in [0.15, 0.2) is 108 Å². The molecule has 288 valence electrons. The quantitative estimate of drug-likeness (QED) is 0.126. The van der Waals surface area contributed by atoms with Crippen molar-refractivity contribution in [3.05, 3.63) is 157 Å². The van der Waals surface area contributed by atoms with Crippen LogP contribution in [0, 0.1) is 12.0 Å². The van der Waals surface area contributed by atoms with Crippen molar-refractivity contribution >= 4 is 71.4 Å². The van der Waals surface area contributed by atoms with Crippen molar-refractivity contribution in [1.29, 1.82) is 0 Å². The molecule has 1 atom stereocenters. The van der Waals surface area contributed by atoms with Crippen molar-refractivity contribution in [1.82, 2.24) is 0 Å². The number of halogens is 4. The van der Waals surface area contributed by atoms with Gasteiger partial charge in [-0.2, -0.15) is 6.08 Å². The third-order valence-corrected chi connectivity index (χ3v) is 15.8. The zero-order chi connectivity index (χ0) is 38.5. The first-order valence-corrected chi connectivity index (χ1v) is 25.8. The Hall–Kier alpha value is -2.29. The van der Waals surface area contributed by atoms with Crippen LogP contribution < -0.4 is 24.8 Å². The van der Waals surface area contributed by atoms with Crippen LogP contribution in [0.3, 0.4) is 0 Å². The van der Waals surface area contributed by atoms with Crippen LogP contribution in [0.25, 0.3) is 32.7 Å². The van der Waals surface area contributed by atoms with E-state index in [1.54, 1.807) is 5.20 Å². The van der Waals surface area contributed by atoms with Crippen molar-refractivity contribution < 1.29 is 47.1 Å². The topological polar surface area (TPSA) is 0 Å². The second kappa shape index (κ2) is 17.7. The van der Waals surface area contributed by atoms with Gasteiger partial charge in [-0.3, -0.25) is 6.08 Å². The Morgan fingerprint density at radius 2 is 1.07 bits per heavy atom. The predicted molar refractivity (Wildman–Crippen MR) is 237 cm³/mol. The third-order valence-electron chi connectivity index (χ3n) is 10.7. The van der Waals surface area contributed by atoms with Gasteiger partial charge in [-0.05, 0) is 44.2 Å². The summed E-state index contributed by atoms with van der Waals surface area (Å²) in [4.78, 5) is 0. The molecule has 6 heteroatoms. The molecule has 0 aromatic heterocycles. The molecule has 0 N–H and O–H groups in total. The van der Waals surface area contributed by atoms with Gasteiger partial charge in [0.05, 0.1) is 0 Å². The molecule has 0 aliphatic heterocycles. The van der Waals surface area contributed by atoms with E-state index >= 15 is 0 Å². The summed E-state index contributed by atoms with van der Waals surface area (Å²) in [5.74, 6) is 0.553. The summed E-state index contributed by atoms with van der Waals surface area (Å²) in [6, 6.07) is 28.0. The summed E-state index contributed by atoms with van der Waals surface area (Å²) >= 11 is 11.0. The molecule has 0 heterocycles. The number of hydrogen-bond acceptors (Lipinski definition) is 0. The van der Waals surface area contributed by atoms with E-state index in [2.05, 4.69) is 161 Å². The molecule has 1 unspecified atom stereocenters. The van der Waals surface area contributed by atoms with Crippen LogP contribution in [0.4, 0.5) is 0 Å². The molecule has 0 saturated carbocycles. The fourth-order valence-corrected chi connectivity index (χ4v) is 12.5. The van der Waals surface area contributed by atoms with Crippen molar-refractivity contribution in [3.8, 4) is 0 Å². The summed E-state index contributed by atoms with van der Waals surface area (Å²) in [5.41, 5.74) is 12.8. The Morgan fingerprint density at radius 1 is 0.673 bits per heavy atom. The van der Waals surface area contributed by atoms with Gasteiger partial charge in [0.1, 0.15) is 0 Å². The molecule has 0 bridgehead atoms. The van der Waals surface area contributed by atoms with E-state index in [0.29, 0.717) is 5.92 Å². The van der Waals surface area contributed by atoms with Crippen LogP contribution in [0.5, 0.6) is 0 Å². The van der Waals surface area contributed by atoms with Gasteiger partial charge in [0.15, 0.2) is 0 Å². The maximum absolute atomic E-state index is 5.84. The average Bonchev–Trinajstić information content (AvgIpc) is 3.75.